The molecule has 1 amide bonds. The summed E-state index contributed by atoms with van der Waals surface area (Å²) >= 11 is 0. The lowest BCUT2D eigenvalue weighted by molar-refractivity contribution is -0.123. The van der Waals surface area contributed by atoms with Gasteiger partial charge in [-0.25, -0.2) is 0 Å². The Kier molecular flexibility index (Phi) is 3.82. The Hall–Kier alpha value is -2.25. The summed E-state index contributed by atoms with van der Waals surface area (Å²) in [5.41, 5.74) is 7.35. The Morgan fingerprint density at radius 1 is 1.50 bits per heavy atom. The van der Waals surface area contributed by atoms with Crippen molar-refractivity contribution in [2.24, 2.45) is 5.73 Å². The molecule has 0 unspecified atom stereocenters. The number of aromatic amines is 1. The number of carbonyl (C=O) groups excluding carboxylic acids is 1. The van der Waals surface area contributed by atoms with E-state index in [1.54, 1.807) is 13.8 Å². The Labute approximate surface area is 118 Å². The first-order valence-corrected chi connectivity index (χ1v) is 6.53. The summed E-state index contributed by atoms with van der Waals surface area (Å²) in [7, 11) is 0. The number of nitrogens with one attached hydrogen (secondary N) is 2. The molecule has 1 aromatic heterocycles. The van der Waals surface area contributed by atoms with Crippen LogP contribution in [-0.2, 0) is 11.2 Å². The second kappa shape index (κ2) is 5.40. The number of amides is 1. The maximum Gasteiger partial charge on any atom is 0.238 e. The molecule has 1 atom stereocenters. The number of carbonyl (C=O) groups is 1. The molecule has 1 aromatic carbocycles. The third-order valence-corrected chi connectivity index (χ3v) is 3.25. The molecule has 4 nitrogen and oxygen atoms in total. The first-order chi connectivity index (χ1) is 9.43. The maximum absolute atomic E-state index is 12.0. The monoisotopic (exact) mass is 269 g/mol. The van der Waals surface area contributed by atoms with Gasteiger partial charge in [-0.3, -0.25) is 4.79 Å². The Morgan fingerprint density at radius 2 is 2.20 bits per heavy atom. The molecule has 0 fully saturated rings. The summed E-state index contributed by atoms with van der Waals surface area (Å²) in [6.07, 6.45) is 7.72. The van der Waals surface area contributed by atoms with Crippen LogP contribution in [0.5, 0.6) is 0 Å². The van der Waals surface area contributed by atoms with E-state index in [4.69, 9.17) is 12.2 Å². The van der Waals surface area contributed by atoms with Gasteiger partial charge in [-0.15, -0.1) is 6.42 Å². The summed E-state index contributed by atoms with van der Waals surface area (Å²) in [5, 5.41) is 3.85. The van der Waals surface area contributed by atoms with E-state index < -0.39 is 11.6 Å². The molecule has 20 heavy (non-hydrogen) atoms. The lowest BCUT2D eigenvalue weighted by Gasteiger charge is -2.22. The zero-order chi connectivity index (χ0) is 14.8. The van der Waals surface area contributed by atoms with Crippen molar-refractivity contribution in [1.29, 1.82) is 0 Å². The second-order valence-electron chi connectivity index (χ2n) is 5.43. The van der Waals surface area contributed by atoms with Crippen LogP contribution in [0, 0.1) is 12.3 Å². The quantitative estimate of drug-likeness (QED) is 0.737. The van der Waals surface area contributed by atoms with Gasteiger partial charge in [0, 0.05) is 17.1 Å². The molecule has 4 N–H and O–H groups in total. The molecule has 0 saturated carbocycles. The molecule has 1 heterocycles. The molecule has 0 radical (unpaired) electrons. The Morgan fingerprint density at radius 3 is 2.90 bits per heavy atom. The number of fused-ring (bicyclic) bond motifs is 1. The molecular weight excluding hydrogens is 250 g/mol. The summed E-state index contributed by atoms with van der Waals surface area (Å²) in [6, 6.07) is 7.31. The van der Waals surface area contributed by atoms with Crippen molar-refractivity contribution in [2.75, 3.05) is 0 Å². The molecule has 104 valence electrons. The van der Waals surface area contributed by atoms with Crippen LogP contribution in [0.3, 0.4) is 0 Å². The highest BCUT2D eigenvalue weighted by atomic mass is 16.2. The van der Waals surface area contributed by atoms with Gasteiger partial charge in [0.15, 0.2) is 0 Å². The highest BCUT2D eigenvalue weighted by Crippen LogP contribution is 2.18. The standard InChI is InChI=1S/C16H19N3O/c1-4-16(2,3)19-15(20)13(17)9-11-10-18-14-8-6-5-7-12(11)14/h1,5-8,10,13,18H,9,17H2,2-3H3,(H,19,20)/t13-/m0/s1. The van der Waals surface area contributed by atoms with E-state index in [2.05, 4.69) is 16.2 Å². The van der Waals surface area contributed by atoms with Gasteiger partial charge >= 0.3 is 0 Å². The summed E-state index contributed by atoms with van der Waals surface area (Å²) in [4.78, 5) is 15.2. The average molecular weight is 269 g/mol. The van der Waals surface area contributed by atoms with Gasteiger partial charge in [-0.1, -0.05) is 24.1 Å². The second-order valence-corrected chi connectivity index (χ2v) is 5.43. The number of terminal acetylenes is 1. The van der Waals surface area contributed by atoms with Gasteiger partial charge in [-0.2, -0.15) is 0 Å². The normalized spacial score (nSPS) is 12.9. The molecule has 0 aliphatic rings. The van der Waals surface area contributed by atoms with E-state index in [0.29, 0.717) is 6.42 Å². The third kappa shape index (κ3) is 3.01. The van der Waals surface area contributed by atoms with Crippen molar-refractivity contribution in [3.05, 3.63) is 36.0 Å². The largest absolute Gasteiger partial charge is 0.361 e. The Bertz CT molecular complexity index is 664. The highest BCUT2D eigenvalue weighted by Gasteiger charge is 2.22. The third-order valence-electron chi connectivity index (χ3n) is 3.25. The molecule has 4 heteroatoms. The van der Waals surface area contributed by atoms with Gasteiger partial charge in [-0.05, 0) is 31.9 Å². The van der Waals surface area contributed by atoms with Crippen molar-refractivity contribution in [3.63, 3.8) is 0 Å². The fraction of sp³-hybridized carbons (Fsp3) is 0.312. The van der Waals surface area contributed by atoms with Gasteiger partial charge in [0.1, 0.15) is 0 Å². The minimum atomic E-state index is -0.686. The first kappa shape index (κ1) is 14.2. The number of hydrogen-bond acceptors (Lipinski definition) is 2. The smallest absolute Gasteiger partial charge is 0.238 e. The molecule has 2 rings (SSSR count). The van der Waals surface area contributed by atoms with Crippen LogP contribution < -0.4 is 11.1 Å². The molecule has 2 aromatic rings. The Balaban J connectivity index is 2.10. The van der Waals surface area contributed by atoms with Crippen molar-refractivity contribution < 1.29 is 4.79 Å². The van der Waals surface area contributed by atoms with E-state index in [1.165, 1.54) is 0 Å². The van der Waals surface area contributed by atoms with Crippen LogP contribution in [0.15, 0.2) is 30.5 Å². The summed E-state index contributed by atoms with van der Waals surface area (Å²) in [6.45, 7) is 3.53. The minimum Gasteiger partial charge on any atom is -0.361 e. The molecule has 0 bridgehead atoms. The molecule has 0 aliphatic carbocycles. The zero-order valence-corrected chi connectivity index (χ0v) is 11.7. The number of hydrogen-bond donors (Lipinski definition) is 3. The topological polar surface area (TPSA) is 70.9 Å². The number of nitrogens with two attached hydrogens (primary N) is 1. The average Bonchev–Trinajstić information content (AvgIpc) is 2.82. The number of para-hydroxylation sites is 1. The van der Waals surface area contributed by atoms with Crippen molar-refractivity contribution in [2.45, 2.75) is 31.8 Å². The van der Waals surface area contributed by atoms with Crippen LogP contribution >= 0.6 is 0 Å². The number of rotatable bonds is 4. The lowest BCUT2D eigenvalue weighted by Crippen LogP contribution is -2.50. The summed E-state index contributed by atoms with van der Waals surface area (Å²) in [5.74, 6) is 2.28. The van der Waals surface area contributed by atoms with Gasteiger partial charge in [0.05, 0.1) is 11.6 Å². The first-order valence-electron chi connectivity index (χ1n) is 6.53. The number of benzene rings is 1. The lowest BCUT2D eigenvalue weighted by atomic mass is 10.0. The number of aromatic nitrogens is 1. The van der Waals surface area contributed by atoms with Gasteiger partial charge in [0.2, 0.25) is 5.91 Å². The van der Waals surface area contributed by atoms with Crippen LogP contribution in [0.2, 0.25) is 0 Å². The van der Waals surface area contributed by atoms with Crippen LogP contribution in [0.25, 0.3) is 10.9 Å². The highest BCUT2D eigenvalue weighted by molar-refractivity contribution is 5.86. The fourth-order valence-corrected chi connectivity index (χ4v) is 2.07. The maximum atomic E-state index is 12.0. The molecular formula is C16H19N3O. The molecule has 0 saturated heterocycles. The van der Waals surface area contributed by atoms with E-state index in [1.807, 2.05) is 30.5 Å². The van der Waals surface area contributed by atoms with Crippen molar-refractivity contribution in [3.8, 4) is 12.3 Å². The van der Waals surface area contributed by atoms with E-state index in [0.717, 1.165) is 16.5 Å². The van der Waals surface area contributed by atoms with E-state index >= 15 is 0 Å². The van der Waals surface area contributed by atoms with Gasteiger partial charge < -0.3 is 16.0 Å². The van der Waals surface area contributed by atoms with Crippen molar-refractivity contribution in [1.82, 2.24) is 10.3 Å². The van der Waals surface area contributed by atoms with E-state index in [9.17, 15) is 4.79 Å². The predicted octanol–water partition coefficient (Wildman–Crippen LogP) is 1.57. The minimum absolute atomic E-state index is 0.238. The SMILES string of the molecule is C#CC(C)(C)NC(=O)[C@@H](N)Cc1c[nH]c2ccccc12. The van der Waals surface area contributed by atoms with Crippen LogP contribution in [0.4, 0.5) is 0 Å². The summed E-state index contributed by atoms with van der Waals surface area (Å²) < 4.78 is 0. The fourth-order valence-electron chi connectivity index (χ4n) is 2.07. The van der Waals surface area contributed by atoms with Gasteiger partial charge in [0.25, 0.3) is 0 Å². The molecule has 0 aliphatic heterocycles. The zero-order valence-electron chi connectivity index (χ0n) is 11.7. The predicted molar refractivity (Wildman–Crippen MR) is 81.0 cm³/mol. The van der Waals surface area contributed by atoms with Crippen LogP contribution in [-0.4, -0.2) is 22.5 Å². The molecule has 0 spiro atoms. The van der Waals surface area contributed by atoms with Crippen molar-refractivity contribution >= 4 is 16.8 Å². The number of H-pyrrole nitrogens is 1. The van der Waals surface area contributed by atoms with E-state index in [-0.39, 0.29) is 5.91 Å². The van der Waals surface area contributed by atoms with Crippen LogP contribution in [0.1, 0.15) is 19.4 Å².